The highest BCUT2D eigenvalue weighted by atomic mass is 35.5. The van der Waals surface area contributed by atoms with Crippen LogP contribution < -0.4 is 14.8 Å². The van der Waals surface area contributed by atoms with Crippen LogP contribution in [0.5, 0.6) is 11.5 Å². The average molecular weight is 489 g/mol. The SMILES string of the molecule is COC(=O)N(C)[C@H]1CC[C@H](Oc2cc3c(Nc4cccc(Cl)c4F)ncnc3cc2OC)CC1. The fourth-order valence-corrected chi connectivity index (χ4v) is 4.34. The van der Waals surface area contributed by atoms with E-state index in [-0.39, 0.29) is 28.9 Å². The topological polar surface area (TPSA) is 85.8 Å². The Balaban J connectivity index is 1.57. The summed E-state index contributed by atoms with van der Waals surface area (Å²) in [5.74, 6) is 0.945. The maximum Gasteiger partial charge on any atom is 0.409 e. The quantitative estimate of drug-likeness (QED) is 0.486. The third kappa shape index (κ3) is 4.94. The Labute approximate surface area is 202 Å². The van der Waals surface area contributed by atoms with Crippen molar-refractivity contribution in [3.8, 4) is 11.5 Å². The Morgan fingerprint density at radius 3 is 2.62 bits per heavy atom. The number of aromatic nitrogens is 2. The smallest absolute Gasteiger partial charge is 0.409 e. The van der Waals surface area contributed by atoms with Crippen molar-refractivity contribution < 1.29 is 23.4 Å². The fraction of sp³-hybridized carbons (Fsp3) is 0.375. The maximum atomic E-state index is 14.4. The molecule has 0 bridgehead atoms. The first kappa shape index (κ1) is 23.8. The van der Waals surface area contributed by atoms with Gasteiger partial charge in [-0.3, -0.25) is 0 Å². The lowest BCUT2D eigenvalue weighted by atomic mass is 9.92. The van der Waals surface area contributed by atoms with Gasteiger partial charge in [0.05, 0.1) is 36.6 Å². The summed E-state index contributed by atoms with van der Waals surface area (Å²) >= 11 is 5.91. The lowest BCUT2D eigenvalue weighted by Crippen LogP contribution is -2.41. The van der Waals surface area contributed by atoms with Gasteiger partial charge in [0.15, 0.2) is 17.3 Å². The van der Waals surface area contributed by atoms with E-state index >= 15 is 0 Å². The van der Waals surface area contributed by atoms with Gasteiger partial charge in [-0.25, -0.2) is 19.2 Å². The van der Waals surface area contributed by atoms with Crippen LogP contribution in [0.3, 0.4) is 0 Å². The number of carbonyl (C=O) groups excluding carboxylic acids is 1. The third-order valence-electron chi connectivity index (χ3n) is 6.07. The Kier molecular flexibility index (Phi) is 7.21. The van der Waals surface area contributed by atoms with Gasteiger partial charge in [-0.15, -0.1) is 0 Å². The summed E-state index contributed by atoms with van der Waals surface area (Å²) in [5, 5.41) is 3.67. The molecular weight excluding hydrogens is 463 g/mol. The largest absolute Gasteiger partial charge is 0.493 e. The molecule has 0 spiro atoms. The number of amides is 1. The molecule has 1 heterocycles. The molecular formula is C24H26ClFN4O4. The van der Waals surface area contributed by atoms with E-state index in [0.29, 0.717) is 28.2 Å². The number of ether oxygens (including phenoxy) is 3. The van der Waals surface area contributed by atoms with E-state index in [0.717, 1.165) is 25.7 Å². The number of nitrogens with zero attached hydrogens (tertiary/aromatic N) is 3. The Morgan fingerprint density at radius 2 is 1.91 bits per heavy atom. The molecule has 1 aliphatic rings. The first-order valence-electron chi connectivity index (χ1n) is 10.9. The number of benzene rings is 2. The van der Waals surface area contributed by atoms with Crippen LogP contribution in [0.15, 0.2) is 36.7 Å². The van der Waals surface area contributed by atoms with Gasteiger partial charge in [0.2, 0.25) is 0 Å². The number of rotatable bonds is 6. The summed E-state index contributed by atoms with van der Waals surface area (Å²) in [5.41, 5.74) is 0.825. The Morgan fingerprint density at radius 1 is 1.15 bits per heavy atom. The zero-order valence-electron chi connectivity index (χ0n) is 19.2. The fourth-order valence-electron chi connectivity index (χ4n) is 4.17. The van der Waals surface area contributed by atoms with Crippen molar-refractivity contribution in [2.24, 2.45) is 0 Å². The molecule has 1 N–H and O–H groups in total. The number of nitrogens with one attached hydrogen (secondary N) is 1. The molecule has 0 aliphatic heterocycles. The van der Waals surface area contributed by atoms with Crippen LogP contribution in [0.2, 0.25) is 5.02 Å². The molecule has 8 nitrogen and oxygen atoms in total. The molecule has 1 fully saturated rings. The minimum absolute atomic E-state index is 0.0162. The highest BCUT2D eigenvalue weighted by molar-refractivity contribution is 6.31. The van der Waals surface area contributed by atoms with Crippen molar-refractivity contribution in [1.29, 1.82) is 0 Å². The van der Waals surface area contributed by atoms with Gasteiger partial charge >= 0.3 is 6.09 Å². The summed E-state index contributed by atoms with van der Waals surface area (Å²) in [6.07, 6.45) is 4.17. The molecule has 1 saturated carbocycles. The molecule has 0 unspecified atom stereocenters. The molecule has 0 atom stereocenters. The second-order valence-corrected chi connectivity index (χ2v) is 8.51. The van der Waals surface area contributed by atoms with Crippen LogP contribution in [0.25, 0.3) is 10.9 Å². The number of fused-ring (bicyclic) bond motifs is 1. The number of hydrogen-bond acceptors (Lipinski definition) is 7. The van der Waals surface area contributed by atoms with Gasteiger partial charge in [0, 0.05) is 24.5 Å². The monoisotopic (exact) mass is 488 g/mol. The summed E-state index contributed by atoms with van der Waals surface area (Å²) in [6, 6.07) is 8.40. The third-order valence-corrected chi connectivity index (χ3v) is 6.37. The van der Waals surface area contributed by atoms with Crippen molar-refractivity contribution in [1.82, 2.24) is 14.9 Å². The summed E-state index contributed by atoms with van der Waals surface area (Å²) in [7, 11) is 4.70. The molecule has 0 radical (unpaired) electrons. The van der Waals surface area contributed by atoms with Crippen LogP contribution in [0, 0.1) is 5.82 Å². The standard InChI is InChI=1S/C24H26ClFN4O4/c1-30(24(31)33-3)14-7-9-15(10-8-14)34-21-11-16-19(12-20(21)32-2)27-13-28-23(16)29-18-6-4-5-17(25)22(18)26/h4-6,11-15H,7-10H2,1-3H3,(H,27,28,29)/t14-,15-. The van der Waals surface area contributed by atoms with Crippen LogP contribution in [-0.4, -0.2) is 54.4 Å². The van der Waals surface area contributed by atoms with Gasteiger partial charge in [0.1, 0.15) is 12.1 Å². The second-order valence-electron chi connectivity index (χ2n) is 8.10. The minimum Gasteiger partial charge on any atom is -0.493 e. The van der Waals surface area contributed by atoms with Gasteiger partial charge in [0.25, 0.3) is 0 Å². The van der Waals surface area contributed by atoms with E-state index in [1.165, 1.54) is 19.5 Å². The van der Waals surface area contributed by atoms with Crippen molar-refractivity contribution >= 4 is 40.1 Å². The minimum atomic E-state index is -0.561. The molecule has 1 aliphatic carbocycles. The van der Waals surface area contributed by atoms with Crippen LogP contribution in [-0.2, 0) is 4.74 Å². The van der Waals surface area contributed by atoms with Crippen molar-refractivity contribution in [3.05, 3.63) is 47.5 Å². The second kappa shape index (κ2) is 10.3. The molecule has 180 valence electrons. The number of methoxy groups -OCH3 is 2. The van der Waals surface area contributed by atoms with E-state index in [4.69, 9.17) is 25.8 Å². The highest BCUT2D eigenvalue weighted by Gasteiger charge is 2.28. The Bertz CT molecular complexity index is 1190. The molecule has 3 aromatic rings. The van der Waals surface area contributed by atoms with Crippen molar-refractivity contribution in [3.63, 3.8) is 0 Å². The summed E-state index contributed by atoms with van der Waals surface area (Å²) in [6.45, 7) is 0. The zero-order chi connectivity index (χ0) is 24.2. The van der Waals surface area contributed by atoms with Crippen molar-refractivity contribution in [2.45, 2.75) is 37.8 Å². The van der Waals surface area contributed by atoms with E-state index < -0.39 is 5.82 Å². The van der Waals surface area contributed by atoms with E-state index in [9.17, 15) is 9.18 Å². The first-order valence-corrected chi connectivity index (χ1v) is 11.3. The van der Waals surface area contributed by atoms with Gasteiger partial charge < -0.3 is 24.4 Å². The molecule has 4 rings (SSSR count). The molecule has 0 saturated heterocycles. The van der Waals surface area contributed by atoms with Crippen LogP contribution in [0.1, 0.15) is 25.7 Å². The van der Waals surface area contributed by atoms with Crippen LogP contribution >= 0.6 is 11.6 Å². The van der Waals surface area contributed by atoms with E-state index in [1.54, 1.807) is 43.3 Å². The normalized spacial score (nSPS) is 17.8. The van der Waals surface area contributed by atoms with E-state index in [1.807, 2.05) is 0 Å². The van der Waals surface area contributed by atoms with Crippen LogP contribution in [0.4, 0.5) is 20.7 Å². The zero-order valence-corrected chi connectivity index (χ0v) is 19.9. The number of carbonyl (C=O) groups is 1. The number of anilines is 2. The molecule has 2 aromatic carbocycles. The van der Waals surface area contributed by atoms with Gasteiger partial charge in [-0.1, -0.05) is 17.7 Å². The highest BCUT2D eigenvalue weighted by Crippen LogP contribution is 2.37. The number of halogens is 2. The van der Waals surface area contributed by atoms with E-state index in [2.05, 4.69) is 15.3 Å². The lowest BCUT2D eigenvalue weighted by molar-refractivity contribution is 0.0801. The average Bonchev–Trinajstić information content (AvgIpc) is 2.86. The van der Waals surface area contributed by atoms with Crippen molar-refractivity contribution in [2.75, 3.05) is 26.6 Å². The molecule has 1 aromatic heterocycles. The van der Waals surface area contributed by atoms with Gasteiger partial charge in [-0.2, -0.15) is 0 Å². The predicted molar refractivity (Wildman–Crippen MR) is 128 cm³/mol. The summed E-state index contributed by atoms with van der Waals surface area (Å²) < 4.78 is 31.1. The molecule has 1 amide bonds. The summed E-state index contributed by atoms with van der Waals surface area (Å²) in [4.78, 5) is 22.0. The number of hydrogen-bond donors (Lipinski definition) is 1. The predicted octanol–water partition coefficient (Wildman–Crippen LogP) is 5.56. The first-order chi connectivity index (χ1) is 16.4. The maximum absolute atomic E-state index is 14.4. The molecule has 34 heavy (non-hydrogen) atoms. The molecule has 10 heteroatoms. The van der Waals surface area contributed by atoms with Gasteiger partial charge in [-0.05, 0) is 43.9 Å². The lowest BCUT2D eigenvalue weighted by Gasteiger charge is -2.34. The Hall–Kier alpha value is -3.33.